The van der Waals surface area contributed by atoms with E-state index in [1.807, 2.05) is 48.5 Å². The number of hydrogen-bond donors (Lipinski definition) is 1. The van der Waals surface area contributed by atoms with Crippen LogP contribution in [0.15, 0.2) is 65.8 Å². The molecule has 114 valence electrons. The van der Waals surface area contributed by atoms with Gasteiger partial charge in [0.2, 0.25) is 0 Å². The van der Waals surface area contributed by atoms with Crippen molar-refractivity contribution in [2.75, 3.05) is 13.6 Å². The lowest BCUT2D eigenvalue weighted by Gasteiger charge is -2.28. The molecule has 1 heterocycles. The molecule has 0 spiro atoms. The highest BCUT2D eigenvalue weighted by Crippen LogP contribution is 2.25. The van der Waals surface area contributed by atoms with Gasteiger partial charge < -0.3 is 10.2 Å². The second-order valence-corrected chi connectivity index (χ2v) is 5.98. The van der Waals surface area contributed by atoms with Gasteiger partial charge in [0.05, 0.1) is 12.2 Å². The highest BCUT2D eigenvalue weighted by atomic mass is 79.9. The summed E-state index contributed by atoms with van der Waals surface area (Å²) >= 11 is 3.24. The molecule has 1 aromatic carbocycles. The minimum absolute atomic E-state index is 0.180. The van der Waals surface area contributed by atoms with Crippen molar-refractivity contribution >= 4 is 22.0 Å². The molecule has 0 radical (unpaired) electrons. The molecule has 1 aromatic heterocycles. The van der Waals surface area contributed by atoms with Crippen LogP contribution >= 0.6 is 15.9 Å². The summed E-state index contributed by atoms with van der Waals surface area (Å²) in [6.45, 7) is 4.10. The molecule has 22 heavy (non-hydrogen) atoms. The van der Waals surface area contributed by atoms with Crippen LogP contribution < -0.4 is 5.32 Å². The van der Waals surface area contributed by atoms with Crippen LogP contribution in [0.5, 0.6) is 0 Å². The van der Waals surface area contributed by atoms with Crippen LogP contribution in [0.25, 0.3) is 0 Å². The number of pyridine rings is 1. The first kappa shape index (κ1) is 16.2. The summed E-state index contributed by atoms with van der Waals surface area (Å²) in [5.74, 6) is 0. The van der Waals surface area contributed by atoms with Gasteiger partial charge in [-0.05, 0) is 17.7 Å². The van der Waals surface area contributed by atoms with Gasteiger partial charge in [0.25, 0.3) is 0 Å². The number of hydrogen-bond acceptors (Lipinski definition) is 2. The summed E-state index contributed by atoms with van der Waals surface area (Å²) in [7, 11) is 1.76. The fourth-order valence-corrected chi connectivity index (χ4v) is 2.32. The van der Waals surface area contributed by atoms with Crippen molar-refractivity contribution in [3.05, 3.63) is 77.0 Å². The molecule has 0 aliphatic carbocycles. The third-order valence-corrected chi connectivity index (χ3v) is 3.50. The van der Waals surface area contributed by atoms with E-state index in [9.17, 15) is 4.79 Å². The molecule has 1 atom stereocenters. The number of carbonyl (C=O) groups excluding carboxylic acids is 1. The zero-order valence-corrected chi connectivity index (χ0v) is 14.0. The van der Waals surface area contributed by atoms with Crippen LogP contribution in [0.2, 0.25) is 0 Å². The van der Waals surface area contributed by atoms with Crippen LogP contribution in [0.4, 0.5) is 4.79 Å². The number of urea groups is 1. The lowest BCUT2D eigenvalue weighted by atomic mass is 10.0. The standard InChI is InChI=1S/C17H18BrN3O/c1-13(18)12-20-17(22)21(2)16(14-8-4-3-5-9-14)15-10-6-7-11-19-15/h3-11,16H,1,12H2,2H3,(H,20,22). The summed E-state index contributed by atoms with van der Waals surface area (Å²) in [5.41, 5.74) is 1.83. The van der Waals surface area contributed by atoms with E-state index in [2.05, 4.69) is 32.8 Å². The highest BCUT2D eigenvalue weighted by molar-refractivity contribution is 9.11. The maximum atomic E-state index is 12.4. The van der Waals surface area contributed by atoms with E-state index in [1.165, 1.54) is 0 Å². The minimum Gasteiger partial charge on any atom is -0.333 e. The second-order valence-electron chi connectivity index (χ2n) is 4.85. The molecule has 0 saturated heterocycles. The number of aromatic nitrogens is 1. The zero-order chi connectivity index (χ0) is 15.9. The Morgan fingerprint density at radius 1 is 1.27 bits per heavy atom. The average Bonchev–Trinajstić information content (AvgIpc) is 2.54. The zero-order valence-electron chi connectivity index (χ0n) is 12.4. The van der Waals surface area contributed by atoms with E-state index in [0.717, 1.165) is 15.7 Å². The van der Waals surface area contributed by atoms with E-state index in [-0.39, 0.29) is 12.1 Å². The van der Waals surface area contributed by atoms with Gasteiger partial charge >= 0.3 is 6.03 Å². The van der Waals surface area contributed by atoms with Crippen LogP contribution in [0.3, 0.4) is 0 Å². The largest absolute Gasteiger partial charge is 0.333 e. The third-order valence-electron chi connectivity index (χ3n) is 3.22. The lowest BCUT2D eigenvalue weighted by Crippen LogP contribution is -2.40. The number of amides is 2. The van der Waals surface area contributed by atoms with Crippen molar-refractivity contribution < 1.29 is 4.79 Å². The van der Waals surface area contributed by atoms with Crippen molar-refractivity contribution in [3.8, 4) is 0 Å². The second kappa shape index (κ2) is 7.75. The van der Waals surface area contributed by atoms with Gasteiger partial charge in [-0.1, -0.05) is 58.9 Å². The summed E-state index contributed by atoms with van der Waals surface area (Å²) < 4.78 is 0.725. The van der Waals surface area contributed by atoms with Crippen LogP contribution in [-0.2, 0) is 0 Å². The minimum atomic E-state index is -0.244. The van der Waals surface area contributed by atoms with Crippen molar-refractivity contribution in [3.63, 3.8) is 0 Å². The first-order chi connectivity index (χ1) is 10.6. The molecule has 0 fully saturated rings. The van der Waals surface area contributed by atoms with Crippen molar-refractivity contribution in [2.24, 2.45) is 0 Å². The van der Waals surface area contributed by atoms with Gasteiger partial charge in [0.1, 0.15) is 6.04 Å². The summed E-state index contributed by atoms with van der Waals surface area (Å²) in [5, 5.41) is 2.81. The maximum Gasteiger partial charge on any atom is 0.318 e. The van der Waals surface area contributed by atoms with Gasteiger partial charge in [0.15, 0.2) is 0 Å². The Morgan fingerprint density at radius 3 is 2.55 bits per heavy atom. The fraction of sp³-hybridized carbons (Fsp3) is 0.176. The highest BCUT2D eigenvalue weighted by Gasteiger charge is 2.24. The topological polar surface area (TPSA) is 45.2 Å². The molecule has 2 aromatic rings. The van der Waals surface area contributed by atoms with E-state index in [1.54, 1.807) is 18.1 Å². The molecule has 0 aliphatic heterocycles. The van der Waals surface area contributed by atoms with Gasteiger partial charge in [-0.25, -0.2) is 4.79 Å². The maximum absolute atomic E-state index is 12.4. The van der Waals surface area contributed by atoms with Crippen molar-refractivity contribution in [2.45, 2.75) is 6.04 Å². The van der Waals surface area contributed by atoms with Crippen LogP contribution in [0.1, 0.15) is 17.3 Å². The number of halogens is 1. The predicted molar refractivity (Wildman–Crippen MR) is 91.8 cm³/mol. The molecule has 0 bridgehead atoms. The quantitative estimate of drug-likeness (QED) is 0.883. The van der Waals surface area contributed by atoms with Crippen molar-refractivity contribution in [1.29, 1.82) is 0 Å². The number of nitrogens with one attached hydrogen (secondary N) is 1. The van der Waals surface area contributed by atoms with E-state index < -0.39 is 0 Å². The molecule has 5 heteroatoms. The lowest BCUT2D eigenvalue weighted by molar-refractivity contribution is 0.198. The SMILES string of the molecule is C=C(Br)CNC(=O)N(C)C(c1ccccc1)c1ccccn1. The molecule has 1 N–H and O–H groups in total. The molecule has 2 rings (SSSR count). The van der Waals surface area contributed by atoms with E-state index >= 15 is 0 Å². The molecule has 2 amide bonds. The average molecular weight is 360 g/mol. The van der Waals surface area contributed by atoms with E-state index in [4.69, 9.17) is 0 Å². The Morgan fingerprint density at radius 2 is 1.95 bits per heavy atom. The van der Waals surface area contributed by atoms with Gasteiger partial charge in [-0.3, -0.25) is 4.98 Å². The van der Waals surface area contributed by atoms with Crippen molar-refractivity contribution in [1.82, 2.24) is 15.2 Å². The monoisotopic (exact) mass is 359 g/mol. The number of rotatable bonds is 5. The molecule has 0 saturated carbocycles. The van der Waals surface area contributed by atoms with Gasteiger partial charge in [-0.15, -0.1) is 0 Å². The molecule has 4 nitrogen and oxygen atoms in total. The number of carbonyl (C=O) groups is 1. The Kier molecular flexibility index (Phi) is 5.72. The van der Waals surface area contributed by atoms with Gasteiger partial charge in [0, 0.05) is 17.7 Å². The molecule has 1 unspecified atom stereocenters. The van der Waals surface area contributed by atoms with Crippen LogP contribution in [-0.4, -0.2) is 29.5 Å². The first-order valence-electron chi connectivity index (χ1n) is 6.89. The third kappa shape index (κ3) is 4.18. The Hall–Kier alpha value is -2.14. The number of nitrogens with zero attached hydrogens (tertiary/aromatic N) is 2. The molecular weight excluding hydrogens is 342 g/mol. The van der Waals surface area contributed by atoms with Crippen LogP contribution in [0, 0.1) is 0 Å². The summed E-state index contributed by atoms with van der Waals surface area (Å²) in [6, 6.07) is 15.1. The van der Waals surface area contributed by atoms with Gasteiger partial charge in [-0.2, -0.15) is 0 Å². The molecular formula is C17H18BrN3O. The normalized spacial score (nSPS) is 11.5. The summed E-state index contributed by atoms with van der Waals surface area (Å²) in [6.07, 6.45) is 1.73. The Balaban J connectivity index is 2.29. The Labute approximate surface area is 139 Å². The predicted octanol–water partition coefficient (Wildman–Crippen LogP) is 3.72. The Bertz CT molecular complexity index is 591. The first-order valence-corrected chi connectivity index (χ1v) is 7.68. The smallest absolute Gasteiger partial charge is 0.318 e. The molecule has 0 aliphatic rings. The van der Waals surface area contributed by atoms with E-state index in [0.29, 0.717) is 6.54 Å². The fourth-order valence-electron chi connectivity index (χ4n) is 2.18. The number of benzene rings is 1. The summed E-state index contributed by atoms with van der Waals surface area (Å²) in [4.78, 5) is 18.4.